The van der Waals surface area contributed by atoms with Crippen LogP contribution >= 0.6 is 0 Å². The molecule has 0 bridgehead atoms. The highest BCUT2D eigenvalue weighted by Crippen LogP contribution is 2.15. The van der Waals surface area contributed by atoms with Crippen LogP contribution in [0.15, 0.2) is 24.3 Å². The van der Waals surface area contributed by atoms with Gasteiger partial charge < -0.3 is 20.3 Å². The Balaban J connectivity index is 3.51. The fraction of sp³-hybridized carbons (Fsp3) is 0.882. The lowest BCUT2D eigenvalue weighted by Gasteiger charge is -2.20. The molecule has 0 aromatic rings. The second-order valence-corrected chi connectivity index (χ2v) is 17.1. The molecule has 2 atom stereocenters. The van der Waals surface area contributed by atoms with E-state index in [1.807, 2.05) is 6.08 Å². The Labute approximate surface area is 354 Å². The van der Waals surface area contributed by atoms with E-state index in [0.717, 1.165) is 57.8 Å². The highest BCUT2D eigenvalue weighted by Gasteiger charge is 2.18. The average Bonchev–Trinajstić information content (AvgIpc) is 3.21. The van der Waals surface area contributed by atoms with Crippen molar-refractivity contribution in [1.82, 2.24) is 5.32 Å². The Morgan fingerprint density at radius 2 is 0.825 bits per heavy atom. The van der Waals surface area contributed by atoms with E-state index in [1.54, 1.807) is 6.08 Å². The van der Waals surface area contributed by atoms with Crippen LogP contribution in [-0.4, -0.2) is 47.4 Å². The molecule has 3 N–H and O–H groups in total. The average molecular weight is 804 g/mol. The molecule has 0 aliphatic heterocycles. The number of hydrogen-bond acceptors (Lipinski definition) is 5. The molecule has 1 amide bonds. The Kier molecular flexibility index (Phi) is 45.7. The number of hydrogen-bond donors (Lipinski definition) is 3. The van der Waals surface area contributed by atoms with Gasteiger partial charge in [-0.15, -0.1) is 0 Å². The second-order valence-electron chi connectivity index (χ2n) is 17.1. The first kappa shape index (κ1) is 55.3. The van der Waals surface area contributed by atoms with Crippen molar-refractivity contribution in [2.24, 2.45) is 0 Å². The van der Waals surface area contributed by atoms with Crippen LogP contribution in [0.3, 0.4) is 0 Å². The van der Waals surface area contributed by atoms with E-state index in [2.05, 4.69) is 31.3 Å². The van der Waals surface area contributed by atoms with E-state index in [4.69, 9.17) is 4.74 Å². The lowest BCUT2D eigenvalue weighted by Crippen LogP contribution is -2.45. The highest BCUT2D eigenvalue weighted by molar-refractivity contribution is 5.76. The predicted octanol–water partition coefficient (Wildman–Crippen LogP) is 14.7. The van der Waals surface area contributed by atoms with Gasteiger partial charge in [-0.3, -0.25) is 9.59 Å². The summed E-state index contributed by atoms with van der Waals surface area (Å²) in [6.45, 7) is 4.84. The van der Waals surface area contributed by atoms with Gasteiger partial charge in [0.25, 0.3) is 0 Å². The normalized spacial score (nSPS) is 12.8. The van der Waals surface area contributed by atoms with Crippen LogP contribution in [0, 0.1) is 0 Å². The van der Waals surface area contributed by atoms with Crippen molar-refractivity contribution in [3.05, 3.63) is 24.3 Å². The van der Waals surface area contributed by atoms with Gasteiger partial charge in [0.2, 0.25) is 5.91 Å². The number of amides is 1. The van der Waals surface area contributed by atoms with Gasteiger partial charge in [-0.2, -0.15) is 0 Å². The van der Waals surface area contributed by atoms with Crippen LogP contribution in [0.2, 0.25) is 0 Å². The molecule has 0 saturated carbocycles. The number of nitrogens with one attached hydrogen (secondary N) is 1. The SMILES string of the molecule is CCCCC/C=C\CCCCCCCC(=O)OCCCCCCCCCCCCCCC(=O)NC(CO)C(O)/C=C/CCCCCCCCCCCCCCCC. The van der Waals surface area contributed by atoms with Crippen molar-refractivity contribution in [1.29, 1.82) is 0 Å². The molecule has 57 heavy (non-hydrogen) atoms. The number of carbonyl (C=O) groups excluding carboxylic acids is 2. The Morgan fingerprint density at radius 1 is 0.474 bits per heavy atom. The predicted molar refractivity (Wildman–Crippen MR) is 246 cm³/mol. The van der Waals surface area contributed by atoms with Crippen molar-refractivity contribution in [3.63, 3.8) is 0 Å². The van der Waals surface area contributed by atoms with Crippen molar-refractivity contribution >= 4 is 11.9 Å². The zero-order valence-electron chi connectivity index (χ0n) is 38.1. The third kappa shape index (κ3) is 43.7. The van der Waals surface area contributed by atoms with Gasteiger partial charge in [0.15, 0.2) is 0 Å². The first-order valence-electron chi connectivity index (χ1n) is 25.1. The largest absolute Gasteiger partial charge is 0.466 e. The van der Waals surface area contributed by atoms with Gasteiger partial charge in [-0.1, -0.05) is 218 Å². The topological polar surface area (TPSA) is 95.9 Å². The number of allylic oxidation sites excluding steroid dienone is 3. The minimum Gasteiger partial charge on any atom is -0.466 e. The number of carbonyl (C=O) groups is 2. The van der Waals surface area contributed by atoms with E-state index in [0.29, 0.717) is 19.4 Å². The van der Waals surface area contributed by atoms with E-state index in [9.17, 15) is 19.8 Å². The fourth-order valence-electron chi connectivity index (χ4n) is 7.57. The first-order valence-corrected chi connectivity index (χ1v) is 25.1. The molecule has 0 rings (SSSR count). The first-order chi connectivity index (χ1) is 28.0. The summed E-state index contributed by atoms with van der Waals surface area (Å²) in [6, 6.07) is -0.639. The smallest absolute Gasteiger partial charge is 0.305 e. The van der Waals surface area contributed by atoms with Crippen molar-refractivity contribution in [2.45, 2.75) is 276 Å². The maximum Gasteiger partial charge on any atom is 0.305 e. The van der Waals surface area contributed by atoms with Crippen LogP contribution in [0.4, 0.5) is 0 Å². The molecule has 0 spiro atoms. The standard InChI is InChI=1S/C51H97NO5/c1-3-5-7-9-11-13-15-17-18-19-20-23-27-31-35-39-43-49(54)48(47-53)52-50(55)44-40-36-32-28-24-21-22-26-30-34-38-42-46-57-51(56)45-41-37-33-29-25-16-14-12-10-8-6-4-2/h12,14,39,43,48-49,53-54H,3-11,13,15-38,40-42,44-47H2,1-2H3,(H,52,55)/b14-12-,43-39+. The van der Waals surface area contributed by atoms with Gasteiger partial charge >= 0.3 is 5.97 Å². The van der Waals surface area contributed by atoms with Crippen LogP contribution in [0.1, 0.15) is 264 Å². The van der Waals surface area contributed by atoms with Gasteiger partial charge in [0, 0.05) is 12.8 Å². The summed E-state index contributed by atoms with van der Waals surface area (Å²) in [4.78, 5) is 24.4. The molecule has 0 saturated heterocycles. The molecule has 0 heterocycles. The van der Waals surface area contributed by atoms with Gasteiger partial charge in [-0.25, -0.2) is 0 Å². The molecular weight excluding hydrogens is 707 g/mol. The third-order valence-corrected chi connectivity index (χ3v) is 11.5. The molecular formula is C51H97NO5. The summed E-state index contributed by atoms with van der Waals surface area (Å²) in [5.74, 6) is -0.105. The molecule has 6 nitrogen and oxygen atoms in total. The Hall–Kier alpha value is -1.66. The van der Waals surface area contributed by atoms with E-state index in [-0.39, 0.29) is 18.5 Å². The van der Waals surface area contributed by atoms with Crippen molar-refractivity contribution in [2.75, 3.05) is 13.2 Å². The number of aliphatic hydroxyl groups is 2. The minimum atomic E-state index is -0.854. The van der Waals surface area contributed by atoms with Gasteiger partial charge in [0.05, 0.1) is 25.4 Å². The lowest BCUT2D eigenvalue weighted by atomic mass is 10.0. The van der Waals surface area contributed by atoms with Crippen LogP contribution in [0.25, 0.3) is 0 Å². The third-order valence-electron chi connectivity index (χ3n) is 11.5. The van der Waals surface area contributed by atoms with Crippen LogP contribution in [0.5, 0.6) is 0 Å². The zero-order chi connectivity index (χ0) is 41.5. The Morgan fingerprint density at radius 3 is 1.28 bits per heavy atom. The summed E-state index contributed by atoms with van der Waals surface area (Å²) >= 11 is 0. The molecule has 0 aromatic heterocycles. The molecule has 0 fully saturated rings. The number of aliphatic hydroxyl groups excluding tert-OH is 2. The highest BCUT2D eigenvalue weighted by atomic mass is 16.5. The number of rotatable bonds is 46. The summed E-state index contributed by atoms with van der Waals surface area (Å²) in [6.07, 6.45) is 54.5. The molecule has 0 aliphatic rings. The fourth-order valence-corrected chi connectivity index (χ4v) is 7.57. The van der Waals surface area contributed by atoms with E-state index in [1.165, 1.54) is 180 Å². The summed E-state index contributed by atoms with van der Waals surface area (Å²) in [7, 11) is 0. The summed E-state index contributed by atoms with van der Waals surface area (Å²) in [5.41, 5.74) is 0. The lowest BCUT2D eigenvalue weighted by molar-refractivity contribution is -0.143. The molecule has 0 aliphatic carbocycles. The van der Waals surface area contributed by atoms with E-state index >= 15 is 0 Å². The summed E-state index contributed by atoms with van der Waals surface area (Å²) < 4.78 is 5.44. The Bertz CT molecular complexity index is 889. The van der Waals surface area contributed by atoms with Crippen molar-refractivity contribution < 1.29 is 24.5 Å². The van der Waals surface area contributed by atoms with Crippen molar-refractivity contribution in [3.8, 4) is 0 Å². The van der Waals surface area contributed by atoms with Crippen LogP contribution < -0.4 is 5.32 Å². The number of unbranched alkanes of at least 4 members (excludes halogenated alkanes) is 33. The number of esters is 1. The van der Waals surface area contributed by atoms with Gasteiger partial charge in [-0.05, 0) is 57.8 Å². The van der Waals surface area contributed by atoms with E-state index < -0.39 is 12.1 Å². The number of ether oxygens (including phenoxy) is 1. The molecule has 336 valence electrons. The minimum absolute atomic E-state index is 0.0212. The second kappa shape index (κ2) is 47.0. The quantitative estimate of drug-likeness (QED) is 0.0324. The maximum absolute atomic E-state index is 12.4. The monoisotopic (exact) mass is 804 g/mol. The molecule has 0 aromatic carbocycles. The molecule has 0 radical (unpaired) electrons. The molecule has 2 unspecified atom stereocenters. The van der Waals surface area contributed by atoms with Crippen LogP contribution in [-0.2, 0) is 14.3 Å². The zero-order valence-corrected chi connectivity index (χ0v) is 38.1. The molecule has 6 heteroatoms. The van der Waals surface area contributed by atoms with Gasteiger partial charge in [0.1, 0.15) is 0 Å². The maximum atomic E-state index is 12.4. The summed E-state index contributed by atoms with van der Waals surface area (Å²) in [5, 5.41) is 23.1.